The van der Waals surface area contributed by atoms with Gasteiger partial charge in [-0.2, -0.15) is 5.10 Å². The first-order chi connectivity index (χ1) is 11.0. The number of guanidine groups is 1. The number of rotatable bonds is 7. The summed E-state index contributed by atoms with van der Waals surface area (Å²) in [6.07, 6.45) is 8.26. The van der Waals surface area contributed by atoms with E-state index in [0.717, 1.165) is 30.8 Å². The van der Waals surface area contributed by atoms with E-state index in [2.05, 4.69) is 46.5 Å². The Hall–Kier alpha value is -1.59. The maximum absolute atomic E-state index is 4.66. The lowest BCUT2D eigenvalue weighted by atomic mass is 9.78. The quantitative estimate of drug-likeness (QED) is 0.598. The van der Waals surface area contributed by atoms with Gasteiger partial charge in [-0.1, -0.05) is 26.7 Å². The van der Waals surface area contributed by atoms with Crippen molar-refractivity contribution in [2.75, 3.05) is 13.1 Å². The number of nitrogens with zero attached hydrogens (tertiary/aromatic N) is 4. The molecule has 0 spiro atoms. The second-order valence-electron chi connectivity index (χ2n) is 7.15. The molecule has 1 aromatic heterocycles. The van der Waals surface area contributed by atoms with E-state index in [1.54, 1.807) is 11.0 Å². The summed E-state index contributed by atoms with van der Waals surface area (Å²) in [7, 11) is 1.90. The standard InChI is InChI=1S/C17H32N6/c1-5-18-16(19-11-15-21-13-22-23(15)4)20-12-17(10-14(2)3)8-6-7-9-17/h13-14H,5-12H2,1-4H3,(H2,18,19,20). The molecule has 2 rings (SSSR count). The van der Waals surface area contributed by atoms with Crippen molar-refractivity contribution < 1.29 is 0 Å². The summed E-state index contributed by atoms with van der Waals surface area (Å²) < 4.78 is 1.77. The first-order valence-electron chi connectivity index (χ1n) is 8.90. The van der Waals surface area contributed by atoms with Crippen molar-refractivity contribution in [3.05, 3.63) is 12.2 Å². The molecule has 1 aliphatic rings. The van der Waals surface area contributed by atoms with Crippen LogP contribution in [0, 0.1) is 11.3 Å². The van der Waals surface area contributed by atoms with E-state index in [0.29, 0.717) is 12.0 Å². The molecule has 0 radical (unpaired) electrons. The van der Waals surface area contributed by atoms with E-state index in [9.17, 15) is 0 Å². The maximum atomic E-state index is 4.66. The summed E-state index contributed by atoms with van der Waals surface area (Å²) >= 11 is 0. The van der Waals surface area contributed by atoms with Crippen LogP contribution < -0.4 is 10.6 Å². The molecule has 0 amide bonds. The fourth-order valence-electron chi connectivity index (χ4n) is 3.67. The molecule has 130 valence electrons. The van der Waals surface area contributed by atoms with Crippen molar-refractivity contribution in [2.24, 2.45) is 23.4 Å². The summed E-state index contributed by atoms with van der Waals surface area (Å²) in [6.45, 7) is 9.17. The van der Waals surface area contributed by atoms with E-state index < -0.39 is 0 Å². The maximum Gasteiger partial charge on any atom is 0.191 e. The lowest BCUT2D eigenvalue weighted by Gasteiger charge is -2.32. The van der Waals surface area contributed by atoms with Crippen molar-refractivity contribution in [3.63, 3.8) is 0 Å². The van der Waals surface area contributed by atoms with E-state index in [1.165, 1.54) is 32.1 Å². The monoisotopic (exact) mass is 320 g/mol. The fraction of sp³-hybridized carbons (Fsp3) is 0.824. The zero-order chi connectivity index (χ0) is 16.7. The number of aromatic nitrogens is 3. The van der Waals surface area contributed by atoms with Crippen LogP contribution in [0.25, 0.3) is 0 Å². The van der Waals surface area contributed by atoms with Gasteiger partial charge in [0.25, 0.3) is 0 Å². The van der Waals surface area contributed by atoms with E-state index in [4.69, 9.17) is 0 Å². The molecule has 2 N–H and O–H groups in total. The molecule has 0 atom stereocenters. The Labute approximate surface area is 140 Å². The van der Waals surface area contributed by atoms with Crippen molar-refractivity contribution in [3.8, 4) is 0 Å². The summed E-state index contributed by atoms with van der Waals surface area (Å²) in [5.41, 5.74) is 0.440. The predicted octanol–water partition coefficient (Wildman–Crippen LogP) is 2.48. The highest BCUT2D eigenvalue weighted by atomic mass is 15.3. The second-order valence-corrected chi connectivity index (χ2v) is 7.15. The third-order valence-electron chi connectivity index (χ3n) is 4.66. The number of nitrogens with one attached hydrogen (secondary N) is 2. The highest BCUT2D eigenvalue weighted by Gasteiger charge is 2.34. The van der Waals surface area contributed by atoms with Gasteiger partial charge in [0.15, 0.2) is 5.96 Å². The largest absolute Gasteiger partial charge is 0.357 e. The summed E-state index contributed by atoms with van der Waals surface area (Å²) in [5, 5.41) is 11.0. The van der Waals surface area contributed by atoms with Gasteiger partial charge in [0.1, 0.15) is 18.7 Å². The van der Waals surface area contributed by atoms with Crippen LogP contribution in [0.4, 0.5) is 0 Å². The molecule has 0 bridgehead atoms. The number of hydrogen-bond acceptors (Lipinski definition) is 3. The van der Waals surface area contributed by atoms with Gasteiger partial charge in [0.2, 0.25) is 0 Å². The molecule has 1 heterocycles. The zero-order valence-corrected chi connectivity index (χ0v) is 15.1. The molecule has 1 saturated carbocycles. The summed E-state index contributed by atoms with van der Waals surface area (Å²) in [4.78, 5) is 8.89. The van der Waals surface area contributed by atoms with E-state index in [-0.39, 0.29) is 0 Å². The van der Waals surface area contributed by atoms with Crippen LogP contribution in [0.2, 0.25) is 0 Å². The normalized spacial score (nSPS) is 17.7. The molecule has 0 saturated heterocycles. The molecule has 1 fully saturated rings. The lowest BCUT2D eigenvalue weighted by Crippen LogP contribution is -2.43. The molecule has 6 heteroatoms. The SMILES string of the molecule is CCNC(=NCc1ncnn1C)NCC1(CC(C)C)CCCC1. The Balaban J connectivity index is 1.96. The molecule has 0 aromatic carbocycles. The Bertz CT molecular complexity index is 499. The van der Waals surface area contributed by atoms with Crippen molar-refractivity contribution in [2.45, 2.75) is 59.4 Å². The average Bonchev–Trinajstić information content (AvgIpc) is 3.11. The van der Waals surface area contributed by atoms with Crippen LogP contribution in [0.15, 0.2) is 11.3 Å². The van der Waals surface area contributed by atoms with Crippen molar-refractivity contribution in [1.29, 1.82) is 0 Å². The topological polar surface area (TPSA) is 67.1 Å². The van der Waals surface area contributed by atoms with Gasteiger partial charge >= 0.3 is 0 Å². The minimum atomic E-state index is 0.440. The zero-order valence-electron chi connectivity index (χ0n) is 15.1. The Kier molecular flexibility index (Phi) is 6.42. The molecule has 23 heavy (non-hydrogen) atoms. The van der Waals surface area contributed by atoms with Crippen LogP contribution in [0.3, 0.4) is 0 Å². The van der Waals surface area contributed by atoms with Crippen LogP contribution in [-0.2, 0) is 13.6 Å². The highest BCUT2D eigenvalue weighted by molar-refractivity contribution is 5.79. The molecular weight excluding hydrogens is 288 g/mol. The first kappa shape index (κ1) is 17.8. The summed E-state index contributed by atoms with van der Waals surface area (Å²) in [5.74, 6) is 2.50. The highest BCUT2D eigenvalue weighted by Crippen LogP contribution is 2.42. The van der Waals surface area contributed by atoms with Gasteiger partial charge in [-0.3, -0.25) is 4.68 Å². The van der Waals surface area contributed by atoms with Crippen LogP contribution >= 0.6 is 0 Å². The number of aryl methyl sites for hydroxylation is 1. The summed E-state index contributed by atoms with van der Waals surface area (Å²) in [6, 6.07) is 0. The molecule has 1 aliphatic carbocycles. The van der Waals surface area contributed by atoms with Crippen LogP contribution in [0.5, 0.6) is 0 Å². The minimum absolute atomic E-state index is 0.440. The van der Waals surface area contributed by atoms with Crippen molar-refractivity contribution in [1.82, 2.24) is 25.4 Å². The number of aliphatic imine (C=N–C) groups is 1. The smallest absolute Gasteiger partial charge is 0.191 e. The van der Waals surface area contributed by atoms with Crippen molar-refractivity contribution >= 4 is 5.96 Å². The third-order valence-corrected chi connectivity index (χ3v) is 4.66. The molecule has 0 unspecified atom stereocenters. The Morgan fingerprint density at radius 1 is 1.35 bits per heavy atom. The Morgan fingerprint density at radius 2 is 2.09 bits per heavy atom. The van der Waals surface area contributed by atoms with Crippen LogP contribution in [0.1, 0.15) is 58.7 Å². The Morgan fingerprint density at radius 3 is 2.65 bits per heavy atom. The first-order valence-corrected chi connectivity index (χ1v) is 8.90. The lowest BCUT2D eigenvalue weighted by molar-refractivity contribution is 0.234. The third kappa shape index (κ3) is 5.22. The van der Waals surface area contributed by atoms with Gasteiger partial charge < -0.3 is 10.6 Å². The van der Waals surface area contributed by atoms with E-state index in [1.807, 2.05) is 7.05 Å². The van der Waals surface area contributed by atoms with Gasteiger partial charge in [0, 0.05) is 20.1 Å². The van der Waals surface area contributed by atoms with Gasteiger partial charge in [-0.25, -0.2) is 9.98 Å². The molecule has 0 aliphatic heterocycles. The molecular formula is C17H32N6. The molecule has 6 nitrogen and oxygen atoms in total. The average molecular weight is 320 g/mol. The predicted molar refractivity (Wildman–Crippen MR) is 94.2 cm³/mol. The van der Waals surface area contributed by atoms with E-state index >= 15 is 0 Å². The van der Waals surface area contributed by atoms with Gasteiger partial charge in [-0.05, 0) is 37.5 Å². The number of hydrogen-bond donors (Lipinski definition) is 2. The molecule has 1 aromatic rings. The fourth-order valence-corrected chi connectivity index (χ4v) is 3.67. The minimum Gasteiger partial charge on any atom is -0.357 e. The van der Waals surface area contributed by atoms with Gasteiger partial charge in [-0.15, -0.1) is 0 Å². The van der Waals surface area contributed by atoms with Crippen LogP contribution in [-0.4, -0.2) is 33.8 Å². The van der Waals surface area contributed by atoms with Gasteiger partial charge in [0.05, 0.1) is 0 Å². The second kappa shape index (κ2) is 8.31.